The van der Waals surface area contributed by atoms with E-state index in [9.17, 15) is 0 Å². The van der Waals surface area contributed by atoms with Crippen LogP contribution in [0, 0.1) is 11.8 Å². The molecule has 2 N–H and O–H groups in total. The molecule has 0 bridgehead atoms. The molecule has 1 fully saturated rings. The Bertz CT molecular complexity index is 331. The summed E-state index contributed by atoms with van der Waals surface area (Å²) < 4.78 is 5.79. The molecular weight excluding hydrogens is 242 g/mol. The predicted octanol–water partition coefficient (Wildman–Crippen LogP) is 3.17. The summed E-state index contributed by atoms with van der Waals surface area (Å²) in [7, 11) is 0. The van der Waals surface area contributed by atoms with Gasteiger partial charge in [-0.2, -0.15) is 0 Å². The van der Waals surface area contributed by atoms with E-state index in [0.717, 1.165) is 25.5 Å². The third-order valence-electron chi connectivity index (χ3n) is 3.69. The Kier molecular flexibility index (Phi) is 6.05. The van der Waals surface area contributed by atoms with Crippen molar-refractivity contribution in [3.8, 4) is 0 Å². The zero-order valence-electron chi connectivity index (χ0n) is 10.9. The number of benzene rings is 1. The fourth-order valence-electron chi connectivity index (χ4n) is 2.61. The molecule has 1 aliphatic carbocycles. The van der Waals surface area contributed by atoms with Crippen molar-refractivity contribution in [1.82, 2.24) is 0 Å². The van der Waals surface area contributed by atoms with Crippen LogP contribution in [0.15, 0.2) is 35.2 Å². The van der Waals surface area contributed by atoms with Gasteiger partial charge in [0, 0.05) is 17.3 Å². The van der Waals surface area contributed by atoms with Gasteiger partial charge in [-0.05, 0) is 43.4 Å². The average Bonchev–Trinajstić information content (AvgIpc) is 2.87. The topological polar surface area (TPSA) is 35.2 Å². The fourth-order valence-corrected chi connectivity index (χ4v) is 3.40. The Hall–Kier alpha value is -0.510. The van der Waals surface area contributed by atoms with Crippen LogP contribution in [-0.2, 0) is 4.74 Å². The highest BCUT2D eigenvalue weighted by Crippen LogP contribution is 2.31. The lowest BCUT2D eigenvalue weighted by molar-refractivity contribution is 0.0987. The first-order valence-corrected chi connectivity index (χ1v) is 7.84. The van der Waals surface area contributed by atoms with E-state index in [-0.39, 0.29) is 0 Å². The second-order valence-corrected chi connectivity index (χ2v) is 6.09. The van der Waals surface area contributed by atoms with Crippen LogP contribution in [0.4, 0.5) is 0 Å². The maximum absolute atomic E-state index is 5.79. The molecule has 2 atom stereocenters. The third kappa shape index (κ3) is 4.30. The van der Waals surface area contributed by atoms with E-state index < -0.39 is 0 Å². The summed E-state index contributed by atoms with van der Waals surface area (Å²) in [5, 5.41) is 0. The molecule has 1 aromatic rings. The number of ether oxygens (including phenoxy) is 1. The molecule has 2 nitrogen and oxygen atoms in total. The van der Waals surface area contributed by atoms with Crippen LogP contribution in [0.2, 0.25) is 0 Å². The van der Waals surface area contributed by atoms with Crippen molar-refractivity contribution in [1.29, 1.82) is 0 Å². The van der Waals surface area contributed by atoms with E-state index in [1.807, 2.05) is 17.8 Å². The fraction of sp³-hybridized carbons (Fsp3) is 0.600. The first-order valence-electron chi connectivity index (χ1n) is 6.86. The highest BCUT2D eigenvalue weighted by atomic mass is 32.2. The summed E-state index contributed by atoms with van der Waals surface area (Å²) >= 11 is 1.86. The zero-order chi connectivity index (χ0) is 12.6. The molecule has 1 saturated carbocycles. The summed E-state index contributed by atoms with van der Waals surface area (Å²) in [4.78, 5) is 1.32. The van der Waals surface area contributed by atoms with E-state index in [4.69, 9.17) is 10.5 Å². The van der Waals surface area contributed by atoms with E-state index in [1.54, 1.807) is 0 Å². The molecule has 18 heavy (non-hydrogen) atoms. The summed E-state index contributed by atoms with van der Waals surface area (Å²) in [6.45, 7) is 2.57. The second kappa shape index (κ2) is 7.82. The van der Waals surface area contributed by atoms with Gasteiger partial charge in [0.05, 0.1) is 6.61 Å². The number of rotatable bonds is 7. The summed E-state index contributed by atoms with van der Waals surface area (Å²) in [6, 6.07) is 10.5. The molecule has 0 spiro atoms. The first-order chi connectivity index (χ1) is 8.90. The molecular formula is C15H23NOS. The van der Waals surface area contributed by atoms with Gasteiger partial charge in [-0.15, -0.1) is 11.8 Å². The van der Waals surface area contributed by atoms with Gasteiger partial charge in [-0.1, -0.05) is 24.6 Å². The lowest BCUT2D eigenvalue weighted by atomic mass is 9.97. The Labute approximate surface area is 114 Å². The molecule has 1 aliphatic rings. The Morgan fingerprint density at radius 3 is 2.72 bits per heavy atom. The van der Waals surface area contributed by atoms with Crippen molar-refractivity contribution in [2.75, 3.05) is 25.5 Å². The maximum Gasteiger partial charge on any atom is 0.0560 e. The molecule has 0 saturated heterocycles. The van der Waals surface area contributed by atoms with Crippen LogP contribution in [0.5, 0.6) is 0 Å². The van der Waals surface area contributed by atoms with Gasteiger partial charge in [0.2, 0.25) is 0 Å². The minimum Gasteiger partial charge on any atom is -0.380 e. The lowest BCUT2D eigenvalue weighted by Gasteiger charge is -2.17. The molecule has 2 rings (SSSR count). The standard InChI is InChI=1S/C15H23NOS/c16-11-13-5-4-6-14(13)12-17-9-10-18-15-7-2-1-3-8-15/h1-3,7-8,13-14H,4-6,9-12,16H2. The highest BCUT2D eigenvalue weighted by molar-refractivity contribution is 7.99. The first kappa shape index (κ1) is 13.9. The number of hydrogen-bond donors (Lipinski definition) is 1. The van der Waals surface area contributed by atoms with Gasteiger partial charge < -0.3 is 10.5 Å². The average molecular weight is 265 g/mol. The Balaban J connectivity index is 1.56. The van der Waals surface area contributed by atoms with Gasteiger partial charge in [-0.3, -0.25) is 0 Å². The van der Waals surface area contributed by atoms with Gasteiger partial charge in [-0.25, -0.2) is 0 Å². The van der Waals surface area contributed by atoms with Gasteiger partial charge in [0.15, 0.2) is 0 Å². The molecule has 0 aromatic heterocycles. The monoisotopic (exact) mass is 265 g/mol. The molecule has 3 heteroatoms. The molecule has 0 heterocycles. The quantitative estimate of drug-likeness (QED) is 0.607. The van der Waals surface area contributed by atoms with E-state index in [0.29, 0.717) is 11.8 Å². The number of nitrogens with two attached hydrogens (primary N) is 1. The Morgan fingerprint density at radius 1 is 1.17 bits per heavy atom. The SMILES string of the molecule is NCC1CCCC1COCCSc1ccccc1. The van der Waals surface area contributed by atoms with Gasteiger partial charge >= 0.3 is 0 Å². The van der Waals surface area contributed by atoms with Crippen LogP contribution < -0.4 is 5.73 Å². The maximum atomic E-state index is 5.79. The molecule has 100 valence electrons. The van der Waals surface area contributed by atoms with E-state index in [2.05, 4.69) is 24.3 Å². The molecule has 2 unspecified atom stereocenters. The van der Waals surface area contributed by atoms with E-state index >= 15 is 0 Å². The van der Waals surface area contributed by atoms with Crippen molar-refractivity contribution >= 4 is 11.8 Å². The van der Waals surface area contributed by atoms with Crippen LogP contribution in [-0.4, -0.2) is 25.5 Å². The van der Waals surface area contributed by atoms with Crippen molar-refractivity contribution in [2.24, 2.45) is 17.6 Å². The normalized spacial score (nSPS) is 23.4. The summed E-state index contributed by atoms with van der Waals surface area (Å²) in [6.07, 6.45) is 3.92. The van der Waals surface area contributed by atoms with Crippen LogP contribution >= 0.6 is 11.8 Å². The lowest BCUT2D eigenvalue weighted by Crippen LogP contribution is -2.22. The van der Waals surface area contributed by atoms with Crippen LogP contribution in [0.3, 0.4) is 0 Å². The molecule has 1 aromatic carbocycles. The minimum atomic E-state index is 0.701. The van der Waals surface area contributed by atoms with Crippen molar-refractivity contribution in [3.63, 3.8) is 0 Å². The van der Waals surface area contributed by atoms with Gasteiger partial charge in [0.25, 0.3) is 0 Å². The number of hydrogen-bond acceptors (Lipinski definition) is 3. The van der Waals surface area contributed by atoms with Crippen LogP contribution in [0.25, 0.3) is 0 Å². The molecule has 0 aliphatic heterocycles. The second-order valence-electron chi connectivity index (χ2n) is 4.92. The third-order valence-corrected chi connectivity index (χ3v) is 4.67. The number of thioether (sulfide) groups is 1. The largest absolute Gasteiger partial charge is 0.380 e. The molecule has 0 amide bonds. The zero-order valence-corrected chi connectivity index (χ0v) is 11.7. The summed E-state index contributed by atoms with van der Waals surface area (Å²) in [5.41, 5.74) is 5.77. The van der Waals surface area contributed by atoms with Gasteiger partial charge in [0.1, 0.15) is 0 Å². The van der Waals surface area contributed by atoms with Crippen molar-refractivity contribution in [3.05, 3.63) is 30.3 Å². The van der Waals surface area contributed by atoms with Crippen molar-refractivity contribution < 1.29 is 4.74 Å². The summed E-state index contributed by atoms with van der Waals surface area (Å²) in [5.74, 6) is 2.44. The highest BCUT2D eigenvalue weighted by Gasteiger charge is 2.25. The molecule has 0 radical (unpaired) electrons. The smallest absolute Gasteiger partial charge is 0.0560 e. The van der Waals surface area contributed by atoms with E-state index in [1.165, 1.54) is 24.2 Å². The minimum absolute atomic E-state index is 0.701. The van der Waals surface area contributed by atoms with Crippen molar-refractivity contribution in [2.45, 2.75) is 24.2 Å². The predicted molar refractivity (Wildman–Crippen MR) is 77.9 cm³/mol. The Morgan fingerprint density at radius 2 is 1.94 bits per heavy atom. The van der Waals surface area contributed by atoms with Crippen LogP contribution in [0.1, 0.15) is 19.3 Å².